The van der Waals surface area contributed by atoms with Crippen LogP contribution in [0.1, 0.15) is 44.7 Å². The molecule has 2 aromatic carbocycles. The van der Waals surface area contributed by atoms with Crippen molar-refractivity contribution >= 4 is 28.7 Å². The topological polar surface area (TPSA) is 100 Å². The minimum Gasteiger partial charge on any atom is -0.460 e. The number of fused-ring (bicyclic) bond motifs is 1. The summed E-state index contributed by atoms with van der Waals surface area (Å²) in [4.78, 5) is 39.3. The number of esters is 1. The summed E-state index contributed by atoms with van der Waals surface area (Å²) in [6.45, 7) is 11.4. The molecular weight excluding hydrogens is 466 g/mol. The number of allylic oxidation sites excluding steroid dienone is 1. The Labute approximate surface area is 219 Å². The molecule has 0 aliphatic rings. The third-order valence-electron chi connectivity index (χ3n) is 5.45. The molecule has 7 nitrogen and oxygen atoms in total. The number of aryl methyl sites for hydroxylation is 1. The van der Waals surface area contributed by atoms with Crippen LogP contribution in [0.25, 0.3) is 10.9 Å². The van der Waals surface area contributed by atoms with Gasteiger partial charge in [0.05, 0.1) is 18.9 Å². The highest BCUT2D eigenvalue weighted by Gasteiger charge is 2.24. The molecule has 7 heteroatoms. The van der Waals surface area contributed by atoms with E-state index in [4.69, 9.17) is 4.74 Å². The van der Waals surface area contributed by atoms with Crippen LogP contribution >= 0.6 is 0 Å². The van der Waals surface area contributed by atoms with Crippen molar-refractivity contribution in [2.24, 2.45) is 5.92 Å². The van der Waals surface area contributed by atoms with Crippen molar-refractivity contribution in [1.29, 1.82) is 0 Å². The van der Waals surface area contributed by atoms with Gasteiger partial charge in [-0.3, -0.25) is 14.4 Å². The van der Waals surface area contributed by atoms with E-state index in [-0.39, 0.29) is 24.8 Å². The van der Waals surface area contributed by atoms with Crippen LogP contribution in [-0.4, -0.2) is 41.5 Å². The zero-order valence-corrected chi connectivity index (χ0v) is 22.3. The molecule has 1 unspecified atom stereocenters. The highest BCUT2D eigenvalue weighted by Crippen LogP contribution is 2.16. The average molecular weight is 506 g/mol. The van der Waals surface area contributed by atoms with Gasteiger partial charge in [0.15, 0.2) is 0 Å². The number of rotatable bonds is 10. The molecule has 0 aliphatic carbocycles. The van der Waals surface area contributed by atoms with E-state index in [0.717, 1.165) is 12.0 Å². The van der Waals surface area contributed by atoms with Crippen molar-refractivity contribution in [1.82, 2.24) is 15.6 Å². The SMILES string of the molecule is C=CCC(CC(=O)OC(C)(C)C)C(=O)NCC(=O)NCCc1ccccc1.Cc1c[nH]c2ccccc12. The summed E-state index contributed by atoms with van der Waals surface area (Å²) < 4.78 is 5.25. The van der Waals surface area contributed by atoms with Gasteiger partial charge in [0.25, 0.3) is 0 Å². The normalized spacial score (nSPS) is 11.6. The quantitative estimate of drug-likeness (QED) is 0.271. The first kappa shape index (κ1) is 29.4. The second kappa shape index (κ2) is 14.6. The molecular formula is C30H39N3O4. The Kier molecular flexibility index (Phi) is 11.6. The molecule has 3 rings (SSSR count). The van der Waals surface area contributed by atoms with E-state index >= 15 is 0 Å². The minimum absolute atomic E-state index is 0.0508. The maximum Gasteiger partial charge on any atom is 0.307 e. The number of carbonyl (C=O) groups excluding carboxylic acids is 3. The van der Waals surface area contributed by atoms with Gasteiger partial charge in [0.1, 0.15) is 5.60 Å². The Morgan fingerprint density at radius 2 is 1.70 bits per heavy atom. The number of amides is 2. The van der Waals surface area contributed by atoms with Crippen LogP contribution in [0.15, 0.2) is 73.4 Å². The molecule has 1 atom stereocenters. The second-order valence-electron chi connectivity index (χ2n) is 9.83. The Morgan fingerprint density at radius 3 is 2.35 bits per heavy atom. The van der Waals surface area contributed by atoms with Gasteiger partial charge in [0, 0.05) is 23.6 Å². The summed E-state index contributed by atoms with van der Waals surface area (Å²) in [5, 5.41) is 6.66. The molecule has 37 heavy (non-hydrogen) atoms. The first-order chi connectivity index (χ1) is 17.6. The lowest BCUT2D eigenvalue weighted by Gasteiger charge is -2.21. The molecule has 3 aromatic rings. The van der Waals surface area contributed by atoms with Crippen LogP contribution in [-0.2, 0) is 25.5 Å². The predicted octanol–water partition coefficient (Wildman–Crippen LogP) is 4.86. The average Bonchev–Trinajstić information content (AvgIpc) is 3.23. The van der Waals surface area contributed by atoms with E-state index in [2.05, 4.69) is 47.3 Å². The fourth-order valence-electron chi connectivity index (χ4n) is 3.65. The summed E-state index contributed by atoms with van der Waals surface area (Å²) in [7, 11) is 0. The summed E-state index contributed by atoms with van der Waals surface area (Å²) in [5.74, 6) is -1.68. The van der Waals surface area contributed by atoms with Crippen LogP contribution in [0.2, 0.25) is 0 Å². The summed E-state index contributed by atoms with van der Waals surface area (Å²) in [6, 6.07) is 18.1. The molecule has 0 bridgehead atoms. The van der Waals surface area contributed by atoms with Crippen molar-refractivity contribution in [3.8, 4) is 0 Å². The molecule has 0 aliphatic heterocycles. The number of aromatic nitrogens is 1. The number of aromatic amines is 1. The number of nitrogens with one attached hydrogen (secondary N) is 3. The lowest BCUT2D eigenvalue weighted by Crippen LogP contribution is -2.41. The van der Waals surface area contributed by atoms with E-state index in [9.17, 15) is 14.4 Å². The van der Waals surface area contributed by atoms with Crippen molar-refractivity contribution in [2.75, 3.05) is 13.1 Å². The van der Waals surface area contributed by atoms with E-state index < -0.39 is 17.5 Å². The fourth-order valence-corrected chi connectivity index (χ4v) is 3.65. The van der Waals surface area contributed by atoms with Crippen molar-refractivity contribution < 1.29 is 19.1 Å². The monoisotopic (exact) mass is 505 g/mol. The van der Waals surface area contributed by atoms with Gasteiger partial charge in [-0.2, -0.15) is 0 Å². The number of H-pyrrole nitrogens is 1. The zero-order valence-electron chi connectivity index (χ0n) is 22.3. The van der Waals surface area contributed by atoms with Crippen molar-refractivity contribution in [3.05, 3.63) is 84.6 Å². The molecule has 0 saturated carbocycles. The Hall–Kier alpha value is -3.87. The van der Waals surface area contributed by atoms with Crippen LogP contribution in [0, 0.1) is 12.8 Å². The van der Waals surface area contributed by atoms with Crippen molar-refractivity contribution in [3.63, 3.8) is 0 Å². The van der Waals surface area contributed by atoms with Gasteiger partial charge in [-0.05, 0) is 57.7 Å². The number of para-hydroxylation sites is 1. The third kappa shape index (κ3) is 11.2. The number of carbonyl (C=O) groups is 3. The molecule has 3 N–H and O–H groups in total. The molecule has 0 saturated heterocycles. The first-order valence-corrected chi connectivity index (χ1v) is 12.5. The van der Waals surface area contributed by atoms with Crippen LogP contribution in [0.3, 0.4) is 0 Å². The van der Waals surface area contributed by atoms with Gasteiger partial charge >= 0.3 is 5.97 Å². The Balaban J connectivity index is 0.000000394. The van der Waals surface area contributed by atoms with Gasteiger partial charge in [0.2, 0.25) is 11.8 Å². The second-order valence-corrected chi connectivity index (χ2v) is 9.83. The van der Waals surface area contributed by atoms with Gasteiger partial charge in [-0.15, -0.1) is 6.58 Å². The first-order valence-electron chi connectivity index (χ1n) is 12.5. The standard InChI is InChI=1S/C21H30N2O4.C9H9N/c1-5-9-17(14-19(25)27-21(2,3)4)20(26)23-15-18(24)22-13-12-16-10-7-6-8-11-16;1-7-6-10-9-5-3-2-4-8(7)9/h5-8,10-11,17H,1,9,12-15H2,2-4H3,(H,22,24)(H,23,26);2-6,10H,1H3. The number of hydrogen-bond donors (Lipinski definition) is 3. The summed E-state index contributed by atoms with van der Waals surface area (Å²) >= 11 is 0. The van der Waals surface area contributed by atoms with E-state index in [1.165, 1.54) is 16.5 Å². The molecule has 0 spiro atoms. The Bertz CT molecular complexity index is 1160. The van der Waals surface area contributed by atoms with Crippen LogP contribution < -0.4 is 10.6 Å². The molecule has 1 heterocycles. The number of ether oxygens (including phenoxy) is 1. The molecule has 198 valence electrons. The van der Waals surface area contributed by atoms with Crippen LogP contribution in [0.4, 0.5) is 0 Å². The lowest BCUT2D eigenvalue weighted by molar-refractivity contribution is -0.157. The molecule has 0 fully saturated rings. The lowest BCUT2D eigenvalue weighted by atomic mass is 10.00. The Morgan fingerprint density at radius 1 is 1.03 bits per heavy atom. The fraction of sp³-hybridized carbons (Fsp3) is 0.367. The molecule has 1 aromatic heterocycles. The van der Waals surface area contributed by atoms with Crippen molar-refractivity contribution in [2.45, 2.75) is 52.6 Å². The molecule has 2 amide bonds. The van der Waals surface area contributed by atoms with Gasteiger partial charge in [-0.1, -0.05) is 54.6 Å². The van der Waals surface area contributed by atoms with E-state index in [1.54, 1.807) is 26.8 Å². The minimum atomic E-state index is -0.606. The summed E-state index contributed by atoms with van der Waals surface area (Å²) in [6.07, 6.45) is 4.61. The van der Waals surface area contributed by atoms with Gasteiger partial charge in [-0.25, -0.2) is 0 Å². The predicted molar refractivity (Wildman–Crippen MR) is 148 cm³/mol. The number of hydrogen-bond acceptors (Lipinski definition) is 4. The molecule has 0 radical (unpaired) electrons. The summed E-state index contributed by atoms with van der Waals surface area (Å²) in [5.41, 5.74) is 3.06. The van der Waals surface area contributed by atoms with Crippen LogP contribution in [0.5, 0.6) is 0 Å². The highest BCUT2D eigenvalue weighted by molar-refractivity contribution is 5.88. The third-order valence-corrected chi connectivity index (χ3v) is 5.45. The van der Waals surface area contributed by atoms with E-state index in [0.29, 0.717) is 13.0 Å². The zero-order chi connectivity index (χ0) is 27.3. The van der Waals surface area contributed by atoms with E-state index in [1.807, 2.05) is 42.6 Å². The maximum absolute atomic E-state index is 12.3. The number of benzene rings is 2. The van der Waals surface area contributed by atoms with Gasteiger partial charge < -0.3 is 20.4 Å². The smallest absolute Gasteiger partial charge is 0.307 e. The maximum atomic E-state index is 12.3. The largest absolute Gasteiger partial charge is 0.460 e. The highest BCUT2D eigenvalue weighted by atomic mass is 16.6.